The van der Waals surface area contributed by atoms with Crippen molar-refractivity contribution in [2.45, 2.75) is 20.0 Å². The van der Waals surface area contributed by atoms with Crippen LogP contribution in [0.5, 0.6) is 0 Å². The van der Waals surface area contributed by atoms with E-state index in [1.54, 1.807) is 19.1 Å². The Hall–Kier alpha value is -2.83. The van der Waals surface area contributed by atoms with E-state index in [-0.39, 0.29) is 5.69 Å². The summed E-state index contributed by atoms with van der Waals surface area (Å²) in [6, 6.07) is 9.15. The molecule has 0 heterocycles. The Morgan fingerprint density at radius 1 is 0.875 bits per heavy atom. The molecule has 2 amide bonds. The highest BCUT2D eigenvalue weighted by molar-refractivity contribution is 6.43. The van der Waals surface area contributed by atoms with Crippen molar-refractivity contribution < 1.29 is 22.8 Å². The second kappa shape index (κ2) is 6.74. The standard InChI is InChI=1S/C17H15F3N2O2/c1-10-3-8-14(11(2)9-10)22-16(24)15(23)21-13-6-4-12(5-7-13)17(18,19)20/h3-9H,1-2H3,(H,21,23)(H,22,24). The van der Waals surface area contributed by atoms with Crippen LogP contribution in [0, 0.1) is 13.8 Å². The Morgan fingerprint density at radius 3 is 2.00 bits per heavy atom. The maximum Gasteiger partial charge on any atom is 0.416 e. The summed E-state index contributed by atoms with van der Waals surface area (Å²) in [6.07, 6.45) is -4.46. The molecule has 0 aliphatic carbocycles. The number of alkyl halides is 3. The van der Waals surface area contributed by atoms with Crippen LogP contribution in [0.1, 0.15) is 16.7 Å². The Bertz CT molecular complexity index is 768. The van der Waals surface area contributed by atoms with Gasteiger partial charge in [0.05, 0.1) is 5.56 Å². The lowest BCUT2D eigenvalue weighted by molar-refractivity contribution is -0.137. The molecule has 7 heteroatoms. The molecule has 0 aliphatic rings. The van der Waals surface area contributed by atoms with E-state index >= 15 is 0 Å². The average Bonchev–Trinajstić information content (AvgIpc) is 2.49. The molecule has 126 valence electrons. The van der Waals surface area contributed by atoms with E-state index in [0.29, 0.717) is 5.69 Å². The van der Waals surface area contributed by atoms with E-state index in [4.69, 9.17) is 0 Å². The van der Waals surface area contributed by atoms with Crippen molar-refractivity contribution in [2.75, 3.05) is 10.6 Å². The molecular formula is C17H15F3N2O2. The van der Waals surface area contributed by atoms with Gasteiger partial charge in [-0.25, -0.2) is 0 Å². The molecule has 0 radical (unpaired) electrons. The first-order valence-corrected chi connectivity index (χ1v) is 7.03. The van der Waals surface area contributed by atoms with E-state index in [1.165, 1.54) is 0 Å². The first-order valence-electron chi connectivity index (χ1n) is 7.03. The molecule has 0 fully saturated rings. The van der Waals surface area contributed by atoms with Crippen LogP contribution >= 0.6 is 0 Å². The first-order chi connectivity index (χ1) is 11.2. The second-order valence-electron chi connectivity index (χ2n) is 5.30. The van der Waals surface area contributed by atoms with E-state index in [1.807, 2.05) is 13.0 Å². The highest BCUT2D eigenvalue weighted by Gasteiger charge is 2.30. The van der Waals surface area contributed by atoms with Gasteiger partial charge in [-0.3, -0.25) is 9.59 Å². The number of aryl methyl sites for hydroxylation is 2. The highest BCUT2D eigenvalue weighted by Crippen LogP contribution is 2.29. The van der Waals surface area contributed by atoms with Crippen molar-refractivity contribution in [3.05, 3.63) is 59.2 Å². The van der Waals surface area contributed by atoms with Gasteiger partial charge in [-0.15, -0.1) is 0 Å². The smallest absolute Gasteiger partial charge is 0.318 e. The number of anilines is 2. The third-order valence-electron chi connectivity index (χ3n) is 3.31. The summed E-state index contributed by atoms with van der Waals surface area (Å²) in [4.78, 5) is 23.7. The van der Waals surface area contributed by atoms with Crippen molar-refractivity contribution in [3.63, 3.8) is 0 Å². The molecule has 0 atom stereocenters. The molecular weight excluding hydrogens is 321 g/mol. The number of hydrogen-bond acceptors (Lipinski definition) is 2. The number of benzene rings is 2. The lowest BCUT2D eigenvalue weighted by atomic mass is 10.1. The molecule has 4 nitrogen and oxygen atoms in total. The molecule has 0 unspecified atom stereocenters. The maximum absolute atomic E-state index is 12.5. The van der Waals surface area contributed by atoms with Crippen molar-refractivity contribution in [1.29, 1.82) is 0 Å². The fourth-order valence-corrected chi connectivity index (χ4v) is 2.06. The topological polar surface area (TPSA) is 58.2 Å². The summed E-state index contributed by atoms with van der Waals surface area (Å²) in [5.74, 6) is -1.86. The van der Waals surface area contributed by atoms with Crippen LogP contribution in [-0.4, -0.2) is 11.8 Å². The molecule has 0 bridgehead atoms. The van der Waals surface area contributed by atoms with Gasteiger partial charge in [0.15, 0.2) is 0 Å². The van der Waals surface area contributed by atoms with Crippen LogP contribution in [-0.2, 0) is 15.8 Å². The van der Waals surface area contributed by atoms with Gasteiger partial charge in [0, 0.05) is 11.4 Å². The van der Waals surface area contributed by atoms with Crippen LogP contribution < -0.4 is 10.6 Å². The number of amides is 2. The molecule has 2 rings (SSSR count). The van der Waals surface area contributed by atoms with Gasteiger partial charge in [-0.05, 0) is 49.7 Å². The summed E-state index contributed by atoms with van der Waals surface area (Å²) < 4.78 is 37.4. The van der Waals surface area contributed by atoms with Gasteiger partial charge in [-0.1, -0.05) is 17.7 Å². The molecule has 0 spiro atoms. The lowest BCUT2D eigenvalue weighted by Crippen LogP contribution is -2.29. The van der Waals surface area contributed by atoms with Crippen LogP contribution in [0.15, 0.2) is 42.5 Å². The zero-order chi connectivity index (χ0) is 17.9. The zero-order valence-electron chi connectivity index (χ0n) is 13.0. The van der Waals surface area contributed by atoms with Gasteiger partial charge in [-0.2, -0.15) is 13.2 Å². The largest absolute Gasteiger partial charge is 0.416 e. The molecule has 0 aliphatic heterocycles. The van der Waals surface area contributed by atoms with Crippen LogP contribution in [0.3, 0.4) is 0 Å². The monoisotopic (exact) mass is 336 g/mol. The zero-order valence-corrected chi connectivity index (χ0v) is 13.0. The number of carbonyl (C=O) groups excluding carboxylic acids is 2. The van der Waals surface area contributed by atoms with E-state index < -0.39 is 23.6 Å². The summed E-state index contributed by atoms with van der Waals surface area (Å²) in [5, 5.41) is 4.72. The molecule has 0 saturated carbocycles. The first kappa shape index (κ1) is 17.5. The number of rotatable bonds is 2. The average molecular weight is 336 g/mol. The Balaban J connectivity index is 2.02. The minimum Gasteiger partial charge on any atom is -0.318 e. The van der Waals surface area contributed by atoms with Crippen LogP contribution in [0.2, 0.25) is 0 Å². The SMILES string of the molecule is Cc1ccc(NC(=O)C(=O)Nc2ccc(C(F)(F)F)cc2)c(C)c1. The Morgan fingerprint density at radius 2 is 1.46 bits per heavy atom. The van der Waals surface area contributed by atoms with Crippen molar-refractivity contribution in [2.24, 2.45) is 0 Å². The molecule has 2 aromatic carbocycles. The quantitative estimate of drug-likeness (QED) is 0.817. The van der Waals surface area contributed by atoms with Crippen molar-refractivity contribution in [3.8, 4) is 0 Å². The highest BCUT2D eigenvalue weighted by atomic mass is 19.4. The number of nitrogens with one attached hydrogen (secondary N) is 2. The maximum atomic E-state index is 12.5. The van der Waals surface area contributed by atoms with Gasteiger partial charge < -0.3 is 10.6 Å². The van der Waals surface area contributed by atoms with Gasteiger partial charge in [0.2, 0.25) is 0 Å². The van der Waals surface area contributed by atoms with Crippen molar-refractivity contribution in [1.82, 2.24) is 0 Å². The fourth-order valence-electron chi connectivity index (χ4n) is 2.06. The molecule has 0 saturated heterocycles. The number of carbonyl (C=O) groups is 2. The van der Waals surface area contributed by atoms with E-state index in [9.17, 15) is 22.8 Å². The Kier molecular flexibility index (Phi) is 4.92. The molecule has 2 N–H and O–H groups in total. The van der Waals surface area contributed by atoms with Crippen LogP contribution in [0.25, 0.3) is 0 Å². The van der Waals surface area contributed by atoms with Gasteiger partial charge >= 0.3 is 18.0 Å². The minimum atomic E-state index is -4.46. The Labute approximate surface area is 136 Å². The van der Waals surface area contributed by atoms with E-state index in [0.717, 1.165) is 35.4 Å². The predicted octanol–water partition coefficient (Wildman–Crippen LogP) is 3.90. The van der Waals surface area contributed by atoms with Gasteiger partial charge in [0.25, 0.3) is 0 Å². The normalized spacial score (nSPS) is 11.0. The molecule has 24 heavy (non-hydrogen) atoms. The number of hydrogen-bond donors (Lipinski definition) is 2. The second-order valence-corrected chi connectivity index (χ2v) is 5.30. The number of halogens is 3. The summed E-state index contributed by atoms with van der Waals surface area (Å²) >= 11 is 0. The van der Waals surface area contributed by atoms with Crippen LogP contribution in [0.4, 0.5) is 24.5 Å². The van der Waals surface area contributed by atoms with Gasteiger partial charge in [0.1, 0.15) is 0 Å². The molecule has 0 aromatic heterocycles. The lowest BCUT2D eigenvalue weighted by Gasteiger charge is -2.10. The fraction of sp³-hybridized carbons (Fsp3) is 0.176. The van der Waals surface area contributed by atoms with E-state index in [2.05, 4.69) is 10.6 Å². The summed E-state index contributed by atoms with van der Waals surface area (Å²) in [5.41, 5.74) is 1.57. The minimum absolute atomic E-state index is 0.101. The van der Waals surface area contributed by atoms with Crippen molar-refractivity contribution >= 4 is 23.2 Å². The summed E-state index contributed by atoms with van der Waals surface area (Å²) in [7, 11) is 0. The predicted molar refractivity (Wildman–Crippen MR) is 84.6 cm³/mol. The third-order valence-corrected chi connectivity index (χ3v) is 3.31. The third kappa shape index (κ3) is 4.34. The summed E-state index contributed by atoms with van der Waals surface area (Å²) in [6.45, 7) is 3.69. The molecule has 2 aromatic rings.